The SMILES string of the molecule is COC(=O)Nc1ccc2[nH]c(C(F)(F)F)cc2c1. The highest BCUT2D eigenvalue weighted by Gasteiger charge is 2.32. The predicted molar refractivity (Wildman–Crippen MR) is 59.3 cm³/mol. The van der Waals surface area contributed by atoms with Crippen LogP contribution in [0.4, 0.5) is 23.7 Å². The Kier molecular flexibility index (Phi) is 2.90. The van der Waals surface area contributed by atoms with Crippen LogP contribution in [0.1, 0.15) is 5.69 Å². The van der Waals surface area contributed by atoms with Gasteiger partial charge in [0.25, 0.3) is 0 Å². The second-order valence-electron chi connectivity index (χ2n) is 3.60. The van der Waals surface area contributed by atoms with Crippen molar-refractivity contribution in [3.05, 3.63) is 30.0 Å². The van der Waals surface area contributed by atoms with E-state index in [1.165, 1.54) is 25.3 Å². The highest BCUT2D eigenvalue weighted by molar-refractivity contribution is 5.90. The number of hydrogen-bond acceptors (Lipinski definition) is 2. The van der Waals surface area contributed by atoms with E-state index in [2.05, 4.69) is 15.0 Å². The van der Waals surface area contributed by atoms with Crippen molar-refractivity contribution in [2.45, 2.75) is 6.18 Å². The summed E-state index contributed by atoms with van der Waals surface area (Å²) in [6.07, 6.45) is -5.10. The molecule has 2 N–H and O–H groups in total. The second kappa shape index (κ2) is 4.25. The minimum atomic E-state index is -4.42. The number of ether oxygens (including phenoxy) is 1. The van der Waals surface area contributed by atoms with E-state index >= 15 is 0 Å². The number of hydrogen-bond donors (Lipinski definition) is 2. The molecule has 18 heavy (non-hydrogen) atoms. The Bertz CT molecular complexity index is 589. The number of carbonyl (C=O) groups is 1. The number of H-pyrrole nitrogens is 1. The molecule has 0 fully saturated rings. The minimum Gasteiger partial charge on any atom is -0.453 e. The summed E-state index contributed by atoms with van der Waals surface area (Å²) in [4.78, 5) is 13.2. The maximum atomic E-state index is 12.5. The van der Waals surface area contributed by atoms with Crippen LogP contribution in [0.15, 0.2) is 24.3 Å². The van der Waals surface area contributed by atoms with Crippen LogP contribution in [0.3, 0.4) is 0 Å². The first-order valence-corrected chi connectivity index (χ1v) is 4.95. The molecular formula is C11H9F3N2O2. The summed E-state index contributed by atoms with van der Waals surface area (Å²) in [5, 5.41) is 2.73. The van der Waals surface area contributed by atoms with Crippen LogP contribution in [-0.2, 0) is 10.9 Å². The lowest BCUT2D eigenvalue weighted by molar-refractivity contribution is -0.140. The number of amides is 1. The van der Waals surface area contributed by atoms with Gasteiger partial charge in [0.05, 0.1) is 7.11 Å². The summed E-state index contributed by atoms with van der Waals surface area (Å²) < 4.78 is 41.8. The van der Waals surface area contributed by atoms with Crippen molar-refractivity contribution in [3.63, 3.8) is 0 Å². The van der Waals surface area contributed by atoms with Gasteiger partial charge in [-0.3, -0.25) is 5.32 Å². The molecule has 1 aromatic carbocycles. The average molecular weight is 258 g/mol. The van der Waals surface area contributed by atoms with Gasteiger partial charge in [0.1, 0.15) is 5.69 Å². The van der Waals surface area contributed by atoms with Crippen molar-refractivity contribution >= 4 is 22.7 Å². The van der Waals surface area contributed by atoms with Crippen LogP contribution in [0, 0.1) is 0 Å². The zero-order valence-electron chi connectivity index (χ0n) is 9.26. The molecule has 1 aromatic heterocycles. The van der Waals surface area contributed by atoms with Crippen LogP contribution in [0.2, 0.25) is 0 Å². The van der Waals surface area contributed by atoms with E-state index in [0.29, 0.717) is 16.6 Å². The number of halogens is 3. The van der Waals surface area contributed by atoms with E-state index in [1.54, 1.807) is 0 Å². The van der Waals surface area contributed by atoms with Gasteiger partial charge in [-0.1, -0.05) is 0 Å². The number of carbonyl (C=O) groups excluding carboxylic acids is 1. The van der Waals surface area contributed by atoms with Gasteiger partial charge in [-0.05, 0) is 24.3 Å². The third kappa shape index (κ3) is 2.39. The monoisotopic (exact) mass is 258 g/mol. The highest BCUT2D eigenvalue weighted by atomic mass is 19.4. The van der Waals surface area contributed by atoms with Gasteiger partial charge in [0, 0.05) is 16.6 Å². The number of nitrogens with one attached hydrogen (secondary N) is 2. The normalized spacial score (nSPS) is 11.6. The molecule has 0 unspecified atom stereocenters. The largest absolute Gasteiger partial charge is 0.453 e. The van der Waals surface area contributed by atoms with E-state index in [0.717, 1.165) is 6.07 Å². The maximum absolute atomic E-state index is 12.5. The van der Waals surface area contributed by atoms with E-state index in [4.69, 9.17) is 0 Å². The van der Waals surface area contributed by atoms with Crippen LogP contribution in [0.25, 0.3) is 10.9 Å². The number of alkyl halides is 3. The Morgan fingerprint density at radius 2 is 2.06 bits per heavy atom. The molecule has 0 saturated heterocycles. The van der Waals surface area contributed by atoms with Gasteiger partial charge in [-0.15, -0.1) is 0 Å². The molecule has 4 nitrogen and oxygen atoms in total. The van der Waals surface area contributed by atoms with Crippen molar-refractivity contribution in [2.24, 2.45) is 0 Å². The number of aromatic nitrogens is 1. The molecule has 0 bridgehead atoms. The zero-order valence-corrected chi connectivity index (χ0v) is 9.26. The minimum absolute atomic E-state index is 0.345. The fourth-order valence-electron chi connectivity index (χ4n) is 1.53. The number of methoxy groups -OCH3 is 1. The summed E-state index contributed by atoms with van der Waals surface area (Å²) in [6, 6.07) is 5.35. The Labute approximate surface area is 99.7 Å². The molecule has 0 atom stereocenters. The van der Waals surface area contributed by atoms with Crippen molar-refractivity contribution in [3.8, 4) is 0 Å². The summed E-state index contributed by atoms with van der Waals surface area (Å²) >= 11 is 0. The molecular weight excluding hydrogens is 249 g/mol. The molecule has 96 valence electrons. The van der Waals surface area contributed by atoms with Crippen molar-refractivity contribution < 1.29 is 22.7 Å². The van der Waals surface area contributed by atoms with Gasteiger partial charge in [-0.2, -0.15) is 13.2 Å². The number of anilines is 1. The second-order valence-corrected chi connectivity index (χ2v) is 3.60. The fraction of sp³-hybridized carbons (Fsp3) is 0.182. The summed E-state index contributed by atoms with van der Waals surface area (Å²) in [5.41, 5.74) is -0.118. The fourth-order valence-corrected chi connectivity index (χ4v) is 1.53. The van der Waals surface area contributed by atoms with Gasteiger partial charge in [0.15, 0.2) is 0 Å². The van der Waals surface area contributed by atoms with Crippen molar-refractivity contribution in [2.75, 3.05) is 12.4 Å². The number of fused-ring (bicyclic) bond motifs is 1. The van der Waals surface area contributed by atoms with E-state index < -0.39 is 18.0 Å². The first-order chi connectivity index (χ1) is 8.40. The highest BCUT2D eigenvalue weighted by Crippen LogP contribution is 2.31. The smallest absolute Gasteiger partial charge is 0.431 e. The summed E-state index contributed by atoms with van der Waals surface area (Å²) in [5.74, 6) is 0. The van der Waals surface area contributed by atoms with E-state index in [9.17, 15) is 18.0 Å². The molecule has 0 spiro atoms. The Balaban J connectivity index is 2.37. The molecule has 0 aliphatic heterocycles. The number of rotatable bonds is 1. The van der Waals surface area contributed by atoms with Crippen molar-refractivity contribution in [1.82, 2.24) is 4.98 Å². The van der Waals surface area contributed by atoms with E-state index in [1.807, 2.05) is 0 Å². The molecule has 1 heterocycles. The predicted octanol–water partition coefficient (Wildman–Crippen LogP) is 3.37. The lowest BCUT2D eigenvalue weighted by Gasteiger charge is -2.02. The Hall–Kier alpha value is -2.18. The summed E-state index contributed by atoms with van der Waals surface area (Å²) in [6.45, 7) is 0. The molecule has 7 heteroatoms. The average Bonchev–Trinajstić information content (AvgIpc) is 2.71. The lowest BCUT2D eigenvalue weighted by atomic mass is 10.2. The van der Waals surface area contributed by atoms with Crippen LogP contribution in [0.5, 0.6) is 0 Å². The molecule has 0 radical (unpaired) electrons. The Morgan fingerprint density at radius 3 is 2.67 bits per heavy atom. The lowest BCUT2D eigenvalue weighted by Crippen LogP contribution is -2.10. The van der Waals surface area contributed by atoms with E-state index in [-0.39, 0.29) is 0 Å². The van der Waals surface area contributed by atoms with Crippen molar-refractivity contribution in [1.29, 1.82) is 0 Å². The van der Waals surface area contributed by atoms with Gasteiger partial charge in [-0.25, -0.2) is 4.79 Å². The standard InChI is InChI=1S/C11H9F3N2O2/c1-18-10(17)15-7-2-3-8-6(4-7)5-9(16-8)11(12,13)14/h2-5,16H,1H3,(H,15,17). The first-order valence-electron chi connectivity index (χ1n) is 4.95. The van der Waals surface area contributed by atoms with Crippen LogP contribution in [-0.4, -0.2) is 18.2 Å². The molecule has 2 rings (SSSR count). The number of aromatic amines is 1. The van der Waals surface area contributed by atoms with Crippen LogP contribution < -0.4 is 5.32 Å². The molecule has 0 saturated carbocycles. The third-order valence-corrected chi connectivity index (χ3v) is 2.36. The molecule has 2 aromatic rings. The van der Waals surface area contributed by atoms with Gasteiger partial charge >= 0.3 is 12.3 Å². The topological polar surface area (TPSA) is 54.1 Å². The first kappa shape index (κ1) is 12.3. The van der Waals surface area contributed by atoms with Gasteiger partial charge < -0.3 is 9.72 Å². The maximum Gasteiger partial charge on any atom is 0.431 e. The Morgan fingerprint density at radius 1 is 1.33 bits per heavy atom. The third-order valence-electron chi connectivity index (χ3n) is 2.36. The molecule has 0 aliphatic carbocycles. The molecule has 0 aliphatic rings. The number of benzene rings is 1. The molecule has 1 amide bonds. The zero-order chi connectivity index (χ0) is 13.3. The quantitative estimate of drug-likeness (QED) is 0.824. The summed E-state index contributed by atoms with van der Waals surface area (Å²) in [7, 11) is 1.20. The van der Waals surface area contributed by atoms with Crippen LogP contribution >= 0.6 is 0 Å². The van der Waals surface area contributed by atoms with Gasteiger partial charge in [0.2, 0.25) is 0 Å².